The highest BCUT2D eigenvalue weighted by Gasteiger charge is 2.25. The minimum absolute atomic E-state index is 0.361. The Morgan fingerprint density at radius 3 is 3.00 bits per heavy atom. The summed E-state index contributed by atoms with van der Waals surface area (Å²) in [5.41, 5.74) is 3.07. The summed E-state index contributed by atoms with van der Waals surface area (Å²) in [5, 5.41) is 5.59. The molecule has 0 spiro atoms. The zero-order valence-corrected chi connectivity index (χ0v) is 15.6. The summed E-state index contributed by atoms with van der Waals surface area (Å²) in [4.78, 5) is 35.7. The molecule has 3 aromatic rings. The molecule has 27 heavy (non-hydrogen) atoms. The van der Waals surface area contributed by atoms with Crippen LogP contribution in [0.4, 0.5) is 5.13 Å². The van der Waals surface area contributed by atoms with E-state index in [4.69, 9.17) is 9.72 Å². The summed E-state index contributed by atoms with van der Waals surface area (Å²) in [6, 6.07) is 7.52. The van der Waals surface area contributed by atoms with Crippen LogP contribution in [0.25, 0.3) is 10.9 Å². The van der Waals surface area contributed by atoms with Gasteiger partial charge in [-0.2, -0.15) is 0 Å². The Morgan fingerprint density at radius 1 is 1.33 bits per heavy atom. The number of thiazole rings is 1. The van der Waals surface area contributed by atoms with Gasteiger partial charge in [-0.15, -0.1) is 11.3 Å². The zero-order chi connectivity index (χ0) is 18.8. The fraction of sp³-hybridized carbons (Fsp3) is 0.263. The summed E-state index contributed by atoms with van der Waals surface area (Å²) < 4.78 is 5.33. The summed E-state index contributed by atoms with van der Waals surface area (Å²) in [6.45, 7) is 1.16. The number of benzene rings is 1. The predicted molar refractivity (Wildman–Crippen MR) is 103 cm³/mol. The third-order valence-corrected chi connectivity index (χ3v) is 5.14. The highest BCUT2D eigenvalue weighted by Crippen LogP contribution is 2.28. The maximum Gasteiger partial charge on any atom is 0.339 e. The number of pyridine rings is 1. The number of nitrogens with zero attached hydrogens (tertiary/aromatic N) is 3. The first-order chi connectivity index (χ1) is 13.1. The number of ether oxygens (including phenoxy) is 1. The maximum atomic E-state index is 12.9. The molecular formula is C19H18N4O3S. The van der Waals surface area contributed by atoms with Crippen molar-refractivity contribution in [2.24, 2.45) is 0 Å². The molecule has 1 aliphatic rings. The van der Waals surface area contributed by atoms with Gasteiger partial charge in [-0.05, 0) is 13.1 Å². The molecule has 1 amide bonds. The molecule has 1 aromatic carbocycles. The third kappa shape index (κ3) is 3.67. The minimum atomic E-state index is -0.505. The van der Waals surface area contributed by atoms with Crippen LogP contribution < -0.4 is 5.32 Å². The van der Waals surface area contributed by atoms with Crippen molar-refractivity contribution in [1.29, 1.82) is 0 Å². The molecule has 4 rings (SSSR count). The molecule has 2 aromatic heterocycles. The average Bonchev–Trinajstić information content (AvgIpc) is 3.17. The lowest BCUT2D eigenvalue weighted by molar-refractivity contribution is -0.119. The topological polar surface area (TPSA) is 84.4 Å². The Balaban J connectivity index is 1.60. The van der Waals surface area contributed by atoms with Crippen LogP contribution in [-0.4, -0.2) is 46.9 Å². The lowest BCUT2D eigenvalue weighted by Gasteiger charge is -2.26. The first-order valence-corrected chi connectivity index (χ1v) is 9.45. The second-order valence-electron chi connectivity index (χ2n) is 6.38. The van der Waals surface area contributed by atoms with Crippen LogP contribution in [0.1, 0.15) is 21.6 Å². The van der Waals surface area contributed by atoms with Gasteiger partial charge in [0.2, 0.25) is 0 Å². The van der Waals surface area contributed by atoms with E-state index in [9.17, 15) is 9.59 Å². The van der Waals surface area contributed by atoms with Crippen molar-refractivity contribution in [2.75, 3.05) is 25.5 Å². The lowest BCUT2D eigenvalue weighted by atomic mass is 9.96. The van der Waals surface area contributed by atoms with Crippen molar-refractivity contribution in [1.82, 2.24) is 14.9 Å². The first-order valence-electron chi connectivity index (χ1n) is 8.57. The van der Waals surface area contributed by atoms with Crippen molar-refractivity contribution >= 4 is 39.2 Å². The van der Waals surface area contributed by atoms with Gasteiger partial charge in [0.1, 0.15) is 0 Å². The van der Waals surface area contributed by atoms with E-state index in [-0.39, 0.29) is 6.61 Å². The van der Waals surface area contributed by atoms with E-state index in [1.165, 1.54) is 11.3 Å². The number of hydrogen-bond donors (Lipinski definition) is 1. The van der Waals surface area contributed by atoms with Crippen LogP contribution in [0.2, 0.25) is 0 Å². The number of aromatic nitrogens is 2. The van der Waals surface area contributed by atoms with E-state index in [1.807, 2.05) is 31.3 Å². The van der Waals surface area contributed by atoms with Crippen molar-refractivity contribution in [2.45, 2.75) is 13.0 Å². The van der Waals surface area contributed by atoms with Crippen molar-refractivity contribution in [3.63, 3.8) is 0 Å². The van der Waals surface area contributed by atoms with Crippen LogP contribution in [-0.2, 0) is 22.5 Å². The van der Waals surface area contributed by atoms with Crippen LogP contribution in [0.15, 0.2) is 35.8 Å². The molecule has 0 radical (unpaired) electrons. The molecular weight excluding hydrogens is 364 g/mol. The van der Waals surface area contributed by atoms with Crippen LogP contribution in [0, 0.1) is 0 Å². The molecule has 0 unspecified atom stereocenters. The van der Waals surface area contributed by atoms with Gasteiger partial charge in [-0.3, -0.25) is 15.1 Å². The smallest absolute Gasteiger partial charge is 0.339 e. The Bertz CT molecular complexity index is 1000. The van der Waals surface area contributed by atoms with Crippen molar-refractivity contribution < 1.29 is 14.3 Å². The summed E-state index contributed by atoms with van der Waals surface area (Å²) in [5.74, 6) is -0.919. The molecule has 0 fully saturated rings. The second kappa shape index (κ2) is 7.42. The number of esters is 1. The SMILES string of the molecule is CN1CCc2nc3ccccc3c(C(=O)OCC(=O)Nc3nccs3)c2C1. The summed E-state index contributed by atoms with van der Waals surface area (Å²) in [6.07, 6.45) is 2.37. The van der Waals surface area contributed by atoms with Gasteiger partial charge in [0.25, 0.3) is 5.91 Å². The largest absolute Gasteiger partial charge is 0.452 e. The Morgan fingerprint density at radius 2 is 2.19 bits per heavy atom. The van der Waals surface area contributed by atoms with Crippen LogP contribution in [0.5, 0.6) is 0 Å². The molecule has 0 aliphatic carbocycles. The van der Waals surface area contributed by atoms with Crippen LogP contribution in [0.3, 0.4) is 0 Å². The molecule has 138 valence electrons. The van der Waals surface area contributed by atoms with E-state index in [0.29, 0.717) is 17.2 Å². The maximum absolute atomic E-state index is 12.9. The molecule has 0 atom stereocenters. The fourth-order valence-electron chi connectivity index (χ4n) is 3.20. The Labute approximate surface area is 160 Å². The summed E-state index contributed by atoms with van der Waals surface area (Å²) >= 11 is 1.31. The first kappa shape index (κ1) is 17.6. The number of carbonyl (C=O) groups excluding carboxylic acids is 2. The molecule has 1 aliphatic heterocycles. The van der Waals surface area contributed by atoms with Gasteiger partial charge >= 0.3 is 5.97 Å². The number of fused-ring (bicyclic) bond motifs is 2. The van der Waals surface area contributed by atoms with Gasteiger partial charge in [-0.25, -0.2) is 9.78 Å². The highest BCUT2D eigenvalue weighted by atomic mass is 32.1. The molecule has 7 nitrogen and oxygen atoms in total. The number of anilines is 1. The molecule has 1 N–H and O–H groups in total. The highest BCUT2D eigenvalue weighted by molar-refractivity contribution is 7.13. The number of hydrogen-bond acceptors (Lipinski definition) is 7. The number of likely N-dealkylation sites (N-methyl/N-ethyl adjacent to an activating group) is 1. The molecule has 0 saturated carbocycles. The van der Waals surface area contributed by atoms with Gasteiger partial charge in [-0.1, -0.05) is 18.2 Å². The van der Waals surface area contributed by atoms with Crippen molar-refractivity contribution in [3.8, 4) is 0 Å². The van der Waals surface area contributed by atoms with Crippen molar-refractivity contribution in [3.05, 3.63) is 52.7 Å². The molecule has 3 heterocycles. The van der Waals surface area contributed by atoms with Crippen LogP contribution >= 0.6 is 11.3 Å². The third-order valence-electron chi connectivity index (χ3n) is 4.45. The van der Waals surface area contributed by atoms with Gasteiger partial charge in [0, 0.05) is 47.7 Å². The van der Waals surface area contributed by atoms with Gasteiger partial charge < -0.3 is 9.64 Å². The minimum Gasteiger partial charge on any atom is -0.452 e. The van der Waals surface area contributed by atoms with E-state index in [1.54, 1.807) is 11.6 Å². The van der Waals surface area contributed by atoms with Gasteiger partial charge in [0.15, 0.2) is 11.7 Å². The second-order valence-corrected chi connectivity index (χ2v) is 7.27. The molecule has 0 saturated heterocycles. The zero-order valence-electron chi connectivity index (χ0n) is 14.8. The van der Waals surface area contributed by atoms with E-state index < -0.39 is 11.9 Å². The van der Waals surface area contributed by atoms with E-state index in [2.05, 4.69) is 15.2 Å². The van der Waals surface area contributed by atoms with E-state index in [0.717, 1.165) is 35.1 Å². The molecule has 8 heteroatoms. The normalized spacial score (nSPS) is 14.0. The average molecular weight is 382 g/mol. The number of carbonyl (C=O) groups is 2. The quantitative estimate of drug-likeness (QED) is 0.698. The Hall–Kier alpha value is -2.84. The fourth-order valence-corrected chi connectivity index (χ4v) is 3.75. The summed E-state index contributed by atoms with van der Waals surface area (Å²) in [7, 11) is 2.01. The van der Waals surface area contributed by atoms with Gasteiger partial charge in [0.05, 0.1) is 11.1 Å². The Kier molecular flexibility index (Phi) is 4.83. The molecule has 0 bridgehead atoms. The lowest BCUT2D eigenvalue weighted by Crippen LogP contribution is -2.30. The number of rotatable bonds is 4. The predicted octanol–water partition coefficient (Wildman–Crippen LogP) is 2.47. The monoisotopic (exact) mass is 382 g/mol. The number of nitrogens with one attached hydrogen (secondary N) is 1. The number of amides is 1. The standard InChI is InChI=1S/C19H18N4O3S/c1-23-8-6-15-13(10-23)17(12-4-2-3-5-14(12)21-15)18(25)26-11-16(24)22-19-20-7-9-27-19/h2-5,7,9H,6,8,10-11H2,1H3,(H,20,22,24). The number of para-hydroxylation sites is 1. The van der Waals surface area contributed by atoms with E-state index >= 15 is 0 Å².